The SMILES string of the molecule is COc1cccc(C(N)C(C)S(C)(=O)=O)c1. The molecule has 2 atom stereocenters. The Balaban J connectivity index is 3.00. The zero-order chi connectivity index (χ0) is 12.3. The highest BCUT2D eigenvalue weighted by atomic mass is 32.2. The van der Waals surface area contributed by atoms with E-state index in [4.69, 9.17) is 10.5 Å². The highest BCUT2D eigenvalue weighted by Crippen LogP contribution is 2.22. The number of nitrogens with two attached hydrogens (primary N) is 1. The van der Waals surface area contributed by atoms with Crippen molar-refractivity contribution >= 4 is 9.84 Å². The maximum Gasteiger partial charge on any atom is 0.151 e. The van der Waals surface area contributed by atoms with E-state index in [2.05, 4.69) is 0 Å². The van der Waals surface area contributed by atoms with Crippen LogP contribution in [0.4, 0.5) is 0 Å². The maximum absolute atomic E-state index is 11.4. The van der Waals surface area contributed by atoms with Crippen molar-refractivity contribution in [1.29, 1.82) is 0 Å². The van der Waals surface area contributed by atoms with Gasteiger partial charge in [0.25, 0.3) is 0 Å². The van der Waals surface area contributed by atoms with Crippen LogP contribution in [0, 0.1) is 0 Å². The van der Waals surface area contributed by atoms with Crippen molar-refractivity contribution in [1.82, 2.24) is 0 Å². The molecule has 0 aliphatic rings. The number of hydrogen-bond donors (Lipinski definition) is 1. The first-order valence-electron chi connectivity index (χ1n) is 4.94. The van der Waals surface area contributed by atoms with Crippen LogP contribution < -0.4 is 10.5 Å². The lowest BCUT2D eigenvalue weighted by atomic mass is 10.1. The van der Waals surface area contributed by atoms with E-state index >= 15 is 0 Å². The summed E-state index contributed by atoms with van der Waals surface area (Å²) < 4.78 is 27.8. The molecule has 1 aromatic rings. The molecule has 16 heavy (non-hydrogen) atoms. The normalized spacial score (nSPS) is 15.5. The average molecular weight is 243 g/mol. The molecule has 0 amide bonds. The molecule has 0 radical (unpaired) electrons. The van der Waals surface area contributed by atoms with Gasteiger partial charge in [-0.2, -0.15) is 0 Å². The quantitative estimate of drug-likeness (QED) is 0.860. The lowest BCUT2D eigenvalue weighted by Crippen LogP contribution is -2.30. The number of methoxy groups -OCH3 is 1. The van der Waals surface area contributed by atoms with Crippen LogP contribution in [-0.2, 0) is 9.84 Å². The lowest BCUT2D eigenvalue weighted by molar-refractivity contribution is 0.413. The van der Waals surface area contributed by atoms with Gasteiger partial charge in [0.15, 0.2) is 9.84 Å². The van der Waals surface area contributed by atoms with Crippen molar-refractivity contribution in [2.24, 2.45) is 5.73 Å². The standard InChI is InChI=1S/C11H17NO3S/c1-8(16(3,13)14)11(12)9-5-4-6-10(7-9)15-2/h4-8,11H,12H2,1-3H3. The number of ether oxygens (including phenoxy) is 1. The van der Waals surface area contributed by atoms with Crippen molar-refractivity contribution in [3.8, 4) is 5.75 Å². The van der Waals surface area contributed by atoms with E-state index in [9.17, 15) is 8.42 Å². The van der Waals surface area contributed by atoms with Gasteiger partial charge in [-0.05, 0) is 24.6 Å². The van der Waals surface area contributed by atoms with Crippen LogP contribution in [0.1, 0.15) is 18.5 Å². The highest BCUT2D eigenvalue weighted by Gasteiger charge is 2.24. The Kier molecular flexibility index (Phi) is 3.93. The largest absolute Gasteiger partial charge is 0.497 e. The van der Waals surface area contributed by atoms with Crippen LogP contribution in [0.2, 0.25) is 0 Å². The van der Waals surface area contributed by atoms with E-state index in [1.54, 1.807) is 38.3 Å². The summed E-state index contributed by atoms with van der Waals surface area (Å²) in [5.41, 5.74) is 6.67. The van der Waals surface area contributed by atoms with E-state index in [-0.39, 0.29) is 0 Å². The van der Waals surface area contributed by atoms with Gasteiger partial charge in [-0.3, -0.25) is 0 Å². The summed E-state index contributed by atoms with van der Waals surface area (Å²) in [7, 11) is -1.58. The first kappa shape index (κ1) is 13.0. The lowest BCUT2D eigenvalue weighted by Gasteiger charge is -2.19. The third-order valence-electron chi connectivity index (χ3n) is 2.66. The maximum atomic E-state index is 11.4. The summed E-state index contributed by atoms with van der Waals surface area (Å²) in [6.45, 7) is 1.61. The van der Waals surface area contributed by atoms with Gasteiger partial charge < -0.3 is 10.5 Å². The molecule has 2 N–H and O–H groups in total. The fourth-order valence-corrected chi connectivity index (χ4v) is 2.08. The van der Waals surface area contributed by atoms with Crippen molar-refractivity contribution in [3.63, 3.8) is 0 Å². The van der Waals surface area contributed by atoms with Crippen molar-refractivity contribution in [2.45, 2.75) is 18.2 Å². The zero-order valence-corrected chi connectivity index (χ0v) is 10.5. The number of rotatable bonds is 4. The summed E-state index contributed by atoms with van der Waals surface area (Å²) in [4.78, 5) is 0. The van der Waals surface area contributed by atoms with Crippen LogP contribution in [-0.4, -0.2) is 27.0 Å². The second kappa shape index (κ2) is 4.84. The second-order valence-corrected chi connectivity index (χ2v) is 6.24. The minimum atomic E-state index is -3.14. The molecule has 0 heterocycles. The molecule has 0 saturated carbocycles. The van der Waals surface area contributed by atoms with Gasteiger partial charge in [0.05, 0.1) is 12.4 Å². The Labute approximate surface area is 96.3 Å². The third-order valence-corrected chi connectivity index (χ3v) is 4.30. The summed E-state index contributed by atoms with van der Waals surface area (Å²) >= 11 is 0. The fourth-order valence-electron chi connectivity index (χ4n) is 1.39. The predicted molar refractivity (Wildman–Crippen MR) is 64.2 cm³/mol. The van der Waals surface area contributed by atoms with E-state index in [0.717, 1.165) is 5.56 Å². The number of benzene rings is 1. The molecule has 0 spiro atoms. The van der Waals surface area contributed by atoms with E-state index in [1.165, 1.54) is 6.26 Å². The van der Waals surface area contributed by atoms with Crippen LogP contribution in [0.25, 0.3) is 0 Å². The number of sulfone groups is 1. The molecule has 0 aliphatic heterocycles. The van der Waals surface area contributed by atoms with Gasteiger partial charge in [-0.25, -0.2) is 8.42 Å². The molecule has 0 bridgehead atoms. The van der Waals surface area contributed by atoms with Crippen LogP contribution in [0.15, 0.2) is 24.3 Å². The Morgan fingerprint density at radius 2 is 2.00 bits per heavy atom. The van der Waals surface area contributed by atoms with Gasteiger partial charge in [-0.1, -0.05) is 12.1 Å². The minimum absolute atomic E-state index is 0.537. The van der Waals surface area contributed by atoms with Gasteiger partial charge in [0.1, 0.15) is 5.75 Å². The highest BCUT2D eigenvalue weighted by molar-refractivity contribution is 7.91. The zero-order valence-electron chi connectivity index (χ0n) is 9.67. The molecule has 1 rings (SSSR count). The molecule has 90 valence electrons. The molecule has 0 fully saturated rings. The first-order chi connectivity index (χ1) is 7.36. The Hall–Kier alpha value is -1.07. The predicted octanol–water partition coefficient (Wildman–Crippen LogP) is 1.13. The smallest absolute Gasteiger partial charge is 0.151 e. The van der Waals surface area contributed by atoms with E-state index in [0.29, 0.717) is 5.75 Å². The van der Waals surface area contributed by atoms with Crippen LogP contribution >= 0.6 is 0 Å². The molecule has 0 aliphatic carbocycles. The van der Waals surface area contributed by atoms with E-state index < -0.39 is 21.1 Å². The molecule has 0 saturated heterocycles. The molecule has 5 heteroatoms. The molecule has 1 aromatic carbocycles. The number of hydrogen-bond acceptors (Lipinski definition) is 4. The molecule has 0 aromatic heterocycles. The van der Waals surface area contributed by atoms with Crippen molar-refractivity contribution in [3.05, 3.63) is 29.8 Å². The Bertz CT molecular complexity index is 456. The monoisotopic (exact) mass is 243 g/mol. The first-order valence-corrected chi connectivity index (χ1v) is 6.90. The van der Waals surface area contributed by atoms with Gasteiger partial charge in [0, 0.05) is 12.3 Å². The van der Waals surface area contributed by atoms with E-state index in [1.807, 2.05) is 0 Å². The summed E-state index contributed by atoms with van der Waals surface area (Å²) in [6.07, 6.45) is 1.19. The van der Waals surface area contributed by atoms with Gasteiger partial charge in [-0.15, -0.1) is 0 Å². The fraction of sp³-hybridized carbons (Fsp3) is 0.455. The van der Waals surface area contributed by atoms with Gasteiger partial charge >= 0.3 is 0 Å². The second-order valence-electron chi connectivity index (χ2n) is 3.84. The molecular weight excluding hydrogens is 226 g/mol. The molecule has 4 nitrogen and oxygen atoms in total. The minimum Gasteiger partial charge on any atom is -0.497 e. The summed E-state index contributed by atoms with van der Waals surface area (Å²) in [5, 5.41) is -0.611. The average Bonchev–Trinajstić information content (AvgIpc) is 2.26. The summed E-state index contributed by atoms with van der Waals surface area (Å²) in [6, 6.07) is 6.61. The molecule has 2 unspecified atom stereocenters. The Morgan fingerprint density at radius 3 is 2.50 bits per heavy atom. The van der Waals surface area contributed by atoms with Crippen molar-refractivity contribution in [2.75, 3.05) is 13.4 Å². The Morgan fingerprint density at radius 1 is 1.38 bits per heavy atom. The van der Waals surface area contributed by atoms with Gasteiger partial charge in [0.2, 0.25) is 0 Å². The third kappa shape index (κ3) is 2.96. The van der Waals surface area contributed by atoms with Crippen LogP contribution in [0.3, 0.4) is 0 Å². The van der Waals surface area contributed by atoms with Crippen LogP contribution in [0.5, 0.6) is 5.75 Å². The topological polar surface area (TPSA) is 69.4 Å². The van der Waals surface area contributed by atoms with Crippen molar-refractivity contribution < 1.29 is 13.2 Å². The molecular formula is C11H17NO3S. The summed E-state index contributed by atoms with van der Waals surface area (Å²) in [5.74, 6) is 0.675.